The molecule has 0 radical (unpaired) electrons. The number of nitrogens with zero attached hydrogens (tertiary/aromatic N) is 2. The lowest BCUT2D eigenvalue weighted by atomic mass is 10.1. The van der Waals surface area contributed by atoms with Gasteiger partial charge >= 0.3 is 0 Å². The zero-order chi connectivity index (χ0) is 21.0. The third-order valence-corrected chi connectivity index (χ3v) is 5.08. The second kappa shape index (κ2) is 9.07. The number of rotatable bonds is 8. The van der Waals surface area contributed by atoms with Crippen LogP contribution < -0.4 is 10.2 Å². The lowest BCUT2D eigenvalue weighted by Crippen LogP contribution is -2.30. The molecule has 1 N–H and O–H groups in total. The normalized spacial score (nSPS) is 13.1. The molecule has 1 saturated carbocycles. The largest absolute Gasteiger partial charge is 0.377 e. The van der Waals surface area contributed by atoms with E-state index in [1.165, 1.54) is 12.1 Å². The zero-order valence-corrected chi connectivity index (χ0v) is 17.2. The summed E-state index contributed by atoms with van der Waals surface area (Å²) < 4.78 is 13.2. The van der Waals surface area contributed by atoms with Gasteiger partial charge in [-0.1, -0.05) is 19.1 Å². The monoisotopic (exact) mass is 397 g/mol. The maximum Gasteiger partial charge on any atom is 0.227 e. The zero-order valence-electron chi connectivity index (χ0n) is 17.2. The molecule has 29 heavy (non-hydrogen) atoms. The van der Waals surface area contributed by atoms with Crippen molar-refractivity contribution in [3.8, 4) is 0 Å². The molecular formula is C23H28FN3O2. The Bertz CT molecular complexity index is 876. The fourth-order valence-electron chi connectivity index (χ4n) is 3.29. The van der Waals surface area contributed by atoms with Gasteiger partial charge in [-0.3, -0.25) is 9.59 Å². The van der Waals surface area contributed by atoms with Gasteiger partial charge in [0.1, 0.15) is 5.82 Å². The fraction of sp³-hybridized carbons (Fsp3) is 0.391. The van der Waals surface area contributed by atoms with E-state index in [-0.39, 0.29) is 23.5 Å². The van der Waals surface area contributed by atoms with Gasteiger partial charge in [-0.25, -0.2) is 4.39 Å². The fourth-order valence-corrected chi connectivity index (χ4v) is 3.29. The van der Waals surface area contributed by atoms with Crippen molar-refractivity contribution in [2.45, 2.75) is 39.3 Å². The van der Waals surface area contributed by atoms with Crippen molar-refractivity contribution in [3.63, 3.8) is 0 Å². The summed E-state index contributed by atoms with van der Waals surface area (Å²) in [6.45, 7) is 2.64. The Hall–Kier alpha value is -2.89. The molecule has 0 aromatic heterocycles. The lowest BCUT2D eigenvalue weighted by Gasteiger charge is -2.26. The Morgan fingerprint density at radius 1 is 1.07 bits per heavy atom. The van der Waals surface area contributed by atoms with Crippen LogP contribution in [0.4, 0.5) is 15.8 Å². The Morgan fingerprint density at radius 2 is 1.76 bits per heavy atom. The molecule has 1 fully saturated rings. The summed E-state index contributed by atoms with van der Waals surface area (Å²) in [5, 5.41) is 2.98. The standard InChI is InChI=1S/C23H28FN3O2/c1-4-22(28)27(14-16-5-9-19(24)10-6-16)15-18-13-20(11-12-21(18)26(2)3)25-23(29)17-7-8-17/h5-6,9-13,17H,4,7-8,14-15H2,1-3H3,(H,25,29). The Morgan fingerprint density at radius 3 is 2.34 bits per heavy atom. The number of hydrogen-bond donors (Lipinski definition) is 1. The van der Waals surface area contributed by atoms with Crippen LogP contribution in [-0.4, -0.2) is 30.8 Å². The van der Waals surface area contributed by atoms with E-state index in [1.807, 2.05) is 44.1 Å². The van der Waals surface area contributed by atoms with E-state index in [4.69, 9.17) is 0 Å². The summed E-state index contributed by atoms with van der Waals surface area (Å²) in [7, 11) is 3.90. The molecule has 0 spiro atoms. The van der Waals surface area contributed by atoms with E-state index in [2.05, 4.69) is 5.32 Å². The van der Waals surface area contributed by atoms with Crippen molar-refractivity contribution in [2.75, 3.05) is 24.3 Å². The van der Waals surface area contributed by atoms with Crippen molar-refractivity contribution in [3.05, 3.63) is 59.4 Å². The third kappa shape index (κ3) is 5.56. The van der Waals surface area contributed by atoms with Crippen molar-refractivity contribution in [2.24, 2.45) is 5.92 Å². The van der Waals surface area contributed by atoms with Crippen LogP contribution in [0.25, 0.3) is 0 Å². The molecule has 0 bridgehead atoms. The first-order valence-electron chi connectivity index (χ1n) is 10.0. The van der Waals surface area contributed by atoms with Gasteiger partial charge in [-0.05, 0) is 54.3 Å². The molecule has 1 aliphatic rings. The average molecular weight is 397 g/mol. The highest BCUT2D eigenvalue weighted by Gasteiger charge is 2.29. The Balaban J connectivity index is 1.84. The number of carbonyl (C=O) groups excluding carboxylic acids is 2. The second-order valence-electron chi connectivity index (χ2n) is 7.73. The van der Waals surface area contributed by atoms with Crippen LogP contribution >= 0.6 is 0 Å². The van der Waals surface area contributed by atoms with E-state index < -0.39 is 0 Å². The van der Waals surface area contributed by atoms with Gasteiger partial charge in [0.15, 0.2) is 0 Å². The summed E-state index contributed by atoms with van der Waals surface area (Å²) in [5.41, 5.74) is 3.56. The minimum absolute atomic E-state index is 0.0199. The molecule has 0 heterocycles. The van der Waals surface area contributed by atoms with E-state index in [1.54, 1.807) is 17.0 Å². The van der Waals surface area contributed by atoms with Crippen molar-refractivity contribution < 1.29 is 14.0 Å². The highest BCUT2D eigenvalue weighted by molar-refractivity contribution is 5.94. The summed E-state index contributed by atoms with van der Waals surface area (Å²) in [4.78, 5) is 28.5. The summed E-state index contributed by atoms with van der Waals surface area (Å²) in [5.74, 6) is -0.0902. The quantitative estimate of drug-likeness (QED) is 0.727. The van der Waals surface area contributed by atoms with Gasteiger partial charge in [-0.2, -0.15) is 0 Å². The molecular weight excluding hydrogens is 369 g/mol. The number of benzene rings is 2. The number of halogens is 1. The highest BCUT2D eigenvalue weighted by atomic mass is 19.1. The Labute approximate surface area is 171 Å². The number of nitrogens with one attached hydrogen (secondary N) is 1. The van der Waals surface area contributed by atoms with Gasteiger partial charge in [0.2, 0.25) is 11.8 Å². The third-order valence-electron chi connectivity index (χ3n) is 5.08. The maximum absolute atomic E-state index is 13.2. The van der Waals surface area contributed by atoms with E-state index >= 15 is 0 Å². The summed E-state index contributed by atoms with van der Waals surface area (Å²) in [6, 6.07) is 12.0. The van der Waals surface area contributed by atoms with Crippen LogP contribution in [0, 0.1) is 11.7 Å². The predicted molar refractivity (Wildman–Crippen MR) is 113 cm³/mol. The minimum Gasteiger partial charge on any atom is -0.377 e. The molecule has 3 rings (SSSR count). The first kappa shape index (κ1) is 20.8. The van der Waals surface area contributed by atoms with E-state index in [0.29, 0.717) is 19.5 Å². The van der Waals surface area contributed by atoms with Crippen LogP contribution in [0.3, 0.4) is 0 Å². The van der Waals surface area contributed by atoms with Gasteiger partial charge in [0.25, 0.3) is 0 Å². The second-order valence-corrected chi connectivity index (χ2v) is 7.73. The molecule has 2 amide bonds. The topological polar surface area (TPSA) is 52.7 Å². The number of hydrogen-bond acceptors (Lipinski definition) is 3. The lowest BCUT2D eigenvalue weighted by molar-refractivity contribution is -0.132. The summed E-state index contributed by atoms with van der Waals surface area (Å²) >= 11 is 0. The predicted octanol–water partition coefficient (Wildman–Crippen LogP) is 4.18. The van der Waals surface area contributed by atoms with Crippen LogP contribution in [0.15, 0.2) is 42.5 Å². The number of anilines is 2. The summed E-state index contributed by atoms with van der Waals surface area (Å²) in [6.07, 6.45) is 2.28. The molecule has 0 unspecified atom stereocenters. The minimum atomic E-state index is -0.295. The first-order valence-corrected chi connectivity index (χ1v) is 10.0. The SMILES string of the molecule is CCC(=O)N(Cc1ccc(F)cc1)Cc1cc(NC(=O)C2CC2)ccc1N(C)C. The van der Waals surface area contributed by atoms with E-state index in [9.17, 15) is 14.0 Å². The van der Waals surface area contributed by atoms with Gasteiger partial charge in [0.05, 0.1) is 0 Å². The number of amides is 2. The average Bonchev–Trinajstić information content (AvgIpc) is 3.54. The van der Waals surface area contributed by atoms with Crippen molar-refractivity contribution in [1.29, 1.82) is 0 Å². The molecule has 0 saturated heterocycles. The van der Waals surface area contributed by atoms with E-state index in [0.717, 1.165) is 35.3 Å². The molecule has 154 valence electrons. The molecule has 5 nitrogen and oxygen atoms in total. The maximum atomic E-state index is 13.2. The number of carbonyl (C=O) groups is 2. The van der Waals surface area contributed by atoms with Crippen molar-refractivity contribution >= 4 is 23.2 Å². The molecule has 2 aromatic rings. The van der Waals surface area contributed by atoms with Gasteiger partial charge in [-0.15, -0.1) is 0 Å². The molecule has 6 heteroatoms. The molecule has 0 aliphatic heterocycles. The van der Waals surface area contributed by atoms with Crippen LogP contribution in [0.5, 0.6) is 0 Å². The van der Waals surface area contributed by atoms with Crippen LogP contribution in [0.1, 0.15) is 37.3 Å². The van der Waals surface area contributed by atoms with Gasteiger partial charge in [0, 0.05) is 50.9 Å². The molecule has 1 aliphatic carbocycles. The molecule has 2 aromatic carbocycles. The highest BCUT2D eigenvalue weighted by Crippen LogP contribution is 2.31. The molecule has 0 atom stereocenters. The van der Waals surface area contributed by atoms with Gasteiger partial charge < -0.3 is 15.1 Å². The van der Waals surface area contributed by atoms with Crippen LogP contribution in [0.2, 0.25) is 0 Å². The smallest absolute Gasteiger partial charge is 0.227 e. The Kier molecular flexibility index (Phi) is 6.52. The van der Waals surface area contributed by atoms with Crippen molar-refractivity contribution in [1.82, 2.24) is 4.90 Å². The van der Waals surface area contributed by atoms with Crippen LogP contribution in [-0.2, 0) is 22.7 Å². The first-order chi connectivity index (χ1) is 13.9.